The van der Waals surface area contributed by atoms with E-state index in [2.05, 4.69) is 10.3 Å². The molecule has 9 heteroatoms. The Morgan fingerprint density at radius 3 is 2.76 bits per heavy atom. The number of esters is 1. The summed E-state index contributed by atoms with van der Waals surface area (Å²) in [6.07, 6.45) is 1.73. The fourth-order valence-corrected chi connectivity index (χ4v) is 6.36. The zero-order chi connectivity index (χ0) is 24.0. The topological polar surface area (TPSA) is 93.2 Å². The molecule has 0 bridgehead atoms. The van der Waals surface area contributed by atoms with Crippen LogP contribution in [0, 0.1) is 13.8 Å². The van der Waals surface area contributed by atoms with Crippen LogP contribution in [0.25, 0.3) is 21.3 Å². The summed E-state index contributed by atoms with van der Waals surface area (Å²) in [5.74, 6) is -0.693. The molecule has 2 aromatic heterocycles. The normalized spacial score (nSPS) is 14.0. The van der Waals surface area contributed by atoms with E-state index in [-0.39, 0.29) is 32.8 Å². The Balaban J connectivity index is 1.34. The van der Waals surface area contributed by atoms with Crippen molar-refractivity contribution in [2.75, 3.05) is 11.9 Å². The summed E-state index contributed by atoms with van der Waals surface area (Å²) in [7, 11) is 0. The van der Waals surface area contributed by atoms with E-state index in [9.17, 15) is 14.4 Å². The van der Waals surface area contributed by atoms with E-state index in [4.69, 9.17) is 16.3 Å². The van der Waals surface area contributed by atoms with Crippen LogP contribution in [0.1, 0.15) is 32.9 Å². The molecule has 0 atom stereocenters. The predicted molar refractivity (Wildman–Crippen MR) is 134 cm³/mol. The van der Waals surface area contributed by atoms with Crippen LogP contribution in [0.15, 0.2) is 47.3 Å². The number of aryl methyl sites for hydroxylation is 1. The number of nitrogens with one attached hydrogen (secondary N) is 2. The number of hydrogen-bond donors (Lipinski definition) is 2. The van der Waals surface area contributed by atoms with Crippen molar-refractivity contribution in [3.8, 4) is 0 Å². The molecule has 1 aliphatic heterocycles. The third-order valence-electron chi connectivity index (χ3n) is 5.81. The molecule has 0 aliphatic carbocycles. The minimum absolute atomic E-state index is 0.0222. The van der Waals surface area contributed by atoms with E-state index in [1.807, 2.05) is 31.2 Å². The fourth-order valence-electron chi connectivity index (χ4n) is 4.14. The quantitative estimate of drug-likeness (QED) is 0.227. The van der Waals surface area contributed by atoms with E-state index in [0.717, 1.165) is 15.2 Å². The molecule has 7 nitrogen and oxygen atoms in total. The number of H-pyrrole nitrogens is 1. The van der Waals surface area contributed by atoms with Crippen molar-refractivity contribution in [2.45, 2.75) is 20.4 Å². The summed E-state index contributed by atoms with van der Waals surface area (Å²) in [5.41, 5.74) is 4.31. The van der Waals surface area contributed by atoms with Crippen molar-refractivity contribution in [1.82, 2.24) is 8.55 Å². The van der Waals surface area contributed by atoms with Gasteiger partial charge < -0.3 is 0 Å². The van der Waals surface area contributed by atoms with Crippen LogP contribution in [0.3, 0.4) is 0 Å². The molecule has 0 saturated carbocycles. The van der Waals surface area contributed by atoms with Gasteiger partial charge in [-0.2, -0.15) is 0 Å². The number of benzene rings is 2. The Kier molecular flexibility index (Phi) is 5.81. The van der Waals surface area contributed by atoms with Gasteiger partial charge in [0.15, 0.2) is 0 Å². The summed E-state index contributed by atoms with van der Waals surface area (Å²) < 4.78 is 8.29. The van der Waals surface area contributed by atoms with Gasteiger partial charge in [0.2, 0.25) is 0 Å². The summed E-state index contributed by atoms with van der Waals surface area (Å²) in [4.78, 5) is 41.0. The van der Waals surface area contributed by atoms with Gasteiger partial charge >= 0.3 is 178 Å². The van der Waals surface area contributed by atoms with Crippen LogP contribution in [-0.2, 0) is 16.1 Å². The Hall–Kier alpha value is -3.32. The van der Waals surface area contributed by atoms with Crippen LogP contribution in [-0.4, -0.2) is 41.8 Å². The number of aromatic amines is 1. The molecule has 1 amide bonds. The van der Waals surface area contributed by atoms with Gasteiger partial charge in [0.25, 0.3) is 0 Å². The number of hydrogen-bond acceptors (Lipinski definition) is 4. The van der Waals surface area contributed by atoms with Crippen molar-refractivity contribution in [3.63, 3.8) is 0 Å². The van der Waals surface area contributed by atoms with Crippen LogP contribution < -0.4 is 10.9 Å². The Bertz CT molecular complexity index is 1560. The van der Waals surface area contributed by atoms with Gasteiger partial charge in [0.1, 0.15) is 0 Å². The second-order valence-electron chi connectivity index (χ2n) is 8.00. The van der Waals surface area contributed by atoms with Crippen molar-refractivity contribution < 1.29 is 14.3 Å². The van der Waals surface area contributed by atoms with E-state index >= 15 is 0 Å². The number of carbonyl (C=O) groups is 2. The van der Waals surface area contributed by atoms with Gasteiger partial charge in [0.05, 0.1) is 0 Å². The molecule has 0 spiro atoms. The number of anilines is 1. The molecule has 1 aliphatic rings. The second kappa shape index (κ2) is 8.80. The molecule has 0 radical (unpaired) electrons. The summed E-state index contributed by atoms with van der Waals surface area (Å²) in [5, 5.41) is 4.07. The summed E-state index contributed by atoms with van der Waals surface area (Å²) in [6.45, 7) is 4.05. The maximum absolute atomic E-state index is 12.9. The minimum atomic E-state index is -0.462. The molecule has 0 unspecified atom stereocenters. The van der Waals surface area contributed by atoms with Crippen molar-refractivity contribution in [2.24, 2.45) is 0 Å². The third kappa shape index (κ3) is 3.94. The first-order chi connectivity index (χ1) is 16.3. The number of halogens is 1. The SMILES string of the molecule is Cc1[nH]c(/C=C2\C(=O)Nc3cc(Cl)ccc32)c(C)c1C(=O)OCCn1[se]c2ccccc2c1=O. The van der Waals surface area contributed by atoms with Crippen molar-refractivity contribution >= 4 is 65.2 Å². The maximum atomic E-state index is 12.9. The number of aromatic nitrogens is 2. The van der Waals surface area contributed by atoms with E-state index < -0.39 is 5.97 Å². The molecule has 34 heavy (non-hydrogen) atoms. The third-order valence-corrected chi connectivity index (χ3v) is 8.40. The first-order valence-electron chi connectivity index (χ1n) is 10.6. The first kappa shape index (κ1) is 22.5. The van der Waals surface area contributed by atoms with Crippen molar-refractivity contribution in [1.29, 1.82) is 0 Å². The second-order valence-corrected chi connectivity index (χ2v) is 10.7. The van der Waals surface area contributed by atoms with Gasteiger partial charge in [-0.15, -0.1) is 0 Å². The number of ether oxygens (including phenoxy) is 1. The van der Waals surface area contributed by atoms with Crippen LogP contribution in [0.5, 0.6) is 0 Å². The average Bonchev–Trinajstić information content (AvgIpc) is 3.39. The summed E-state index contributed by atoms with van der Waals surface area (Å²) >= 11 is 5.92. The van der Waals surface area contributed by atoms with E-state index in [1.54, 1.807) is 34.8 Å². The molecular formula is C25H20ClN3O4Se. The Morgan fingerprint density at radius 1 is 1.18 bits per heavy atom. The van der Waals surface area contributed by atoms with Gasteiger partial charge in [0, 0.05) is 5.02 Å². The molecule has 2 aromatic carbocycles. The Labute approximate surface area is 206 Å². The van der Waals surface area contributed by atoms with E-state index in [0.29, 0.717) is 45.3 Å². The van der Waals surface area contributed by atoms with Gasteiger partial charge in [-0.25, -0.2) is 0 Å². The molecule has 2 N–H and O–H groups in total. The fraction of sp³-hybridized carbons (Fsp3) is 0.160. The van der Waals surface area contributed by atoms with Crippen molar-refractivity contribution in [3.05, 3.63) is 85.9 Å². The average molecular weight is 541 g/mol. The molecule has 3 heterocycles. The first-order valence-corrected chi connectivity index (χ1v) is 12.6. The zero-order valence-corrected chi connectivity index (χ0v) is 20.9. The number of fused-ring (bicyclic) bond motifs is 2. The monoisotopic (exact) mass is 541 g/mol. The molecular weight excluding hydrogens is 521 g/mol. The van der Waals surface area contributed by atoms with Crippen LogP contribution in [0.4, 0.5) is 5.69 Å². The predicted octanol–water partition coefficient (Wildman–Crippen LogP) is 4.01. The molecule has 4 aromatic rings. The number of nitrogens with zero attached hydrogens (tertiary/aromatic N) is 1. The molecule has 0 saturated heterocycles. The van der Waals surface area contributed by atoms with Crippen LogP contribution >= 0.6 is 11.6 Å². The van der Waals surface area contributed by atoms with E-state index in [1.165, 1.54) is 0 Å². The number of rotatable bonds is 5. The van der Waals surface area contributed by atoms with Gasteiger partial charge in [-0.05, 0) is 12.1 Å². The standard InChI is InChI=1S/C25H20ClN3O4Se/c1-13-19(12-18-16-8-7-15(26)11-20(16)28-23(18)30)27-14(2)22(13)25(32)33-10-9-29-24(31)17-5-3-4-6-21(17)34-29/h3-8,11-12,27H,9-10H2,1-2H3,(H,28,30)/b18-12-. The van der Waals surface area contributed by atoms with Gasteiger partial charge in [-0.3, -0.25) is 0 Å². The summed E-state index contributed by atoms with van der Waals surface area (Å²) in [6, 6.07) is 12.8. The molecule has 172 valence electrons. The Morgan fingerprint density at radius 2 is 1.97 bits per heavy atom. The molecule has 5 rings (SSSR count). The zero-order valence-electron chi connectivity index (χ0n) is 18.4. The number of amides is 1. The molecule has 0 fully saturated rings. The number of carbonyl (C=O) groups excluding carboxylic acids is 2. The van der Waals surface area contributed by atoms with Gasteiger partial charge in [-0.1, -0.05) is 11.6 Å². The van der Waals surface area contributed by atoms with Crippen LogP contribution in [0.2, 0.25) is 5.02 Å².